The quantitative estimate of drug-likeness (QED) is 0.490. The van der Waals surface area contributed by atoms with E-state index >= 15 is 0 Å². The number of hydrogen-bond donors (Lipinski definition) is 2. The first kappa shape index (κ1) is 23.6. The molecule has 1 fully saturated rings. The Hall–Kier alpha value is -1.69. The van der Waals surface area contributed by atoms with E-state index in [2.05, 4.69) is 29.1 Å². The van der Waals surface area contributed by atoms with Crippen LogP contribution in [0, 0.1) is 17.0 Å². The number of H-pyrrole nitrogens is 1. The monoisotopic (exact) mass is 441 g/mol. The summed E-state index contributed by atoms with van der Waals surface area (Å²) in [6, 6.07) is 8.36. The van der Waals surface area contributed by atoms with Crippen LogP contribution in [0.2, 0.25) is 0 Å². The van der Waals surface area contributed by atoms with Gasteiger partial charge in [-0.2, -0.15) is 0 Å². The number of fused-ring (bicyclic) bond motifs is 1. The molecule has 3 aromatic rings. The zero-order valence-corrected chi connectivity index (χ0v) is 18.2. The van der Waals surface area contributed by atoms with Crippen LogP contribution >= 0.6 is 24.8 Å². The molecule has 2 aromatic carbocycles. The molecule has 0 unspecified atom stereocenters. The summed E-state index contributed by atoms with van der Waals surface area (Å²) in [5, 5.41) is 3.40. The Morgan fingerprint density at radius 2 is 1.79 bits per heavy atom. The maximum atomic E-state index is 14.7. The molecule has 0 bridgehead atoms. The maximum Gasteiger partial charge on any atom is 0.131 e. The predicted octanol–water partition coefficient (Wildman–Crippen LogP) is 6.41. The average molecular weight is 442 g/mol. The second-order valence-corrected chi connectivity index (χ2v) is 8.38. The molecule has 0 atom stereocenters. The molecule has 1 aliphatic rings. The van der Waals surface area contributed by atoms with Gasteiger partial charge in [-0.25, -0.2) is 13.8 Å². The largest absolute Gasteiger partial charge is 0.345 e. The van der Waals surface area contributed by atoms with Crippen LogP contribution in [0.4, 0.5) is 8.78 Å². The molecule has 1 aliphatic carbocycles. The van der Waals surface area contributed by atoms with Crippen molar-refractivity contribution in [3.63, 3.8) is 0 Å². The Bertz CT molecular complexity index is 962. The molecule has 158 valence electrons. The highest BCUT2D eigenvalue weighted by Crippen LogP contribution is 2.35. The first-order chi connectivity index (χ1) is 12.9. The number of benzene rings is 2. The predicted molar refractivity (Wildman–Crippen MR) is 119 cm³/mol. The summed E-state index contributed by atoms with van der Waals surface area (Å²) in [6.45, 7) is 4.93. The molecule has 2 N–H and O–H groups in total. The lowest BCUT2D eigenvalue weighted by Crippen LogP contribution is -2.35. The lowest BCUT2D eigenvalue weighted by atomic mass is 9.75. The van der Waals surface area contributed by atoms with Gasteiger partial charge in [-0.05, 0) is 60.9 Å². The Morgan fingerprint density at radius 1 is 1.07 bits per heavy atom. The fourth-order valence-corrected chi connectivity index (χ4v) is 3.91. The number of imidazole rings is 1. The number of nitrogens with one attached hydrogen (secondary N) is 2. The fourth-order valence-electron chi connectivity index (χ4n) is 3.91. The summed E-state index contributed by atoms with van der Waals surface area (Å²) in [4.78, 5) is 7.15. The molecular weight excluding hydrogens is 415 g/mol. The third-order valence-corrected chi connectivity index (χ3v) is 5.79. The van der Waals surface area contributed by atoms with Gasteiger partial charge in [-0.1, -0.05) is 19.9 Å². The number of halogens is 4. The van der Waals surface area contributed by atoms with Crippen molar-refractivity contribution in [3.05, 3.63) is 53.9 Å². The van der Waals surface area contributed by atoms with Crippen LogP contribution in [0.1, 0.15) is 45.1 Å². The lowest BCUT2D eigenvalue weighted by Gasteiger charge is -2.34. The van der Waals surface area contributed by atoms with Crippen molar-refractivity contribution in [1.29, 1.82) is 0 Å². The van der Waals surface area contributed by atoms with Gasteiger partial charge in [0.05, 0.1) is 17.4 Å². The van der Waals surface area contributed by atoms with Gasteiger partial charge in [0.2, 0.25) is 0 Å². The molecule has 1 saturated carbocycles. The normalized spacial score (nSPS) is 16.3. The minimum Gasteiger partial charge on any atom is -0.345 e. The van der Waals surface area contributed by atoms with E-state index in [9.17, 15) is 8.78 Å². The highest BCUT2D eigenvalue weighted by atomic mass is 35.5. The van der Waals surface area contributed by atoms with E-state index in [4.69, 9.17) is 0 Å². The second-order valence-electron chi connectivity index (χ2n) is 8.38. The van der Waals surface area contributed by atoms with Crippen LogP contribution in [-0.4, -0.2) is 16.0 Å². The smallest absolute Gasteiger partial charge is 0.131 e. The van der Waals surface area contributed by atoms with Gasteiger partial charge in [0.25, 0.3) is 0 Å². The average Bonchev–Trinajstić information content (AvgIpc) is 3.10. The van der Waals surface area contributed by atoms with Crippen molar-refractivity contribution in [2.24, 2.45) is 5.41 Å². The zero-order chi connectivity index (χ0) is 19.0. The molecule has 0 radical (unpaired) electrons. The van der Waals surface area contributed by atoms with E-state index < -0.39 is 5.82 Å². The fraction of sp³-hybridized carbons (Fsp3) is 0.409. The molecule has 1 aromatic heterocycles. The Balaban J connectivity index is 0.00000150. The minimum atomic E-state index is -0.406. The molecule has 0 saturated heterocycles. The standard InChI is InChI=1S/C22H25F2N3.2ClH/c1-22(2)7-5-16(6-8-22)25-12-15-9-19(24)17(11-18(15)23)14-3-4-20-21(10-14)27-13-26-20;;/h3-4,9-11,13,16,25H,5-8,12H2,1-2H3,(H,26,27);2*1H. The molecule has 1 heterocycles. The van der Waals surface area contributed by atoms with Crippen molar-refractivity contribution >= 4 is 35.8 Å². The summed E-state index contributed by atoms with van der Waals surface area (Å²) in [7, 11) is 0. The van der Waals surface area contributed by atoms with Gasteiger partial charge in [0, 0.05) is 23.7 Å². The number of aromatic nitrogens is 2. The van der Waals surface area contributed by atoms with Crippen molar-refractivity contribution in [2.45, 2.75) is 52.1 Å². The number of aromatic amines is 1. The van der Waals surface area contributed by atoms with Crippen LogP contribution < -0.4 is 5.32 Å². The van der Waals surface area contributed by atoms with Gasteiger partial charge in [-0.15, -0.1) is 24.8 Å². The third-order valence-electron chi connectivity index (χ3n) is 5.79. The Morgan fingerprint density at radius 3 is 2.52 bits per heavy atom. The minimum absolute atomic E-state index is 0. The van der Waals surface area contributed by atoms with E-state index in [-0.39, 0.29) is 36.2 Å². The van der Waals surface area contributed by atoms with Crippen LogP contribution in [0.25, 0.3) is 22.2 Å². The second kappa shape index (κ2) is 9.41. The molecule has 0 spiro atoms. The molecule has 0 amide bonds. The van der Waals surface area contributed by atoms with Crippen LogP contribution in [0.3, 0.4) is 0 Å². The van der Waals surface area contributed by atoms with Crippen molar-refractivity contribution < 1.29 is 8.78 Å². The van der Waals surface area contributed by atoms with Crippen LogP contribution in [0.5, 0.6) is 0 Å². The lowest BCUT2D eigenvalue weighted by molar-refractivity contribution is 0.205. The first-order valence-corrected chi connectivity index (χ1v) is 9.56. The van der Waals surface area contributed by atoms with E-state index in [0.29, 0.717) is 29.1 Å². The van der Waals surface area contributed by atoms with Gasteiger partial charge in [-0.3, -0.25) is 0 Å². The van der Waals surface area contributed by atoms with Gasteiger partial charge >= 0.3 is 0 Å². The van der Waals surface area contributed by atoms with Crippen molar-refractivity contribution in [3.8, 4) is 11.1 Å². The Labute approximate surface area is 182 Å². The summed E-state index contributed by atoms with van der Waals surface area (Å²) >= 11 is 0. The van der Waals surface area contributed by atoms with Crippen molar-refractivity contribution in [1.82, 2.24) is 15.3 Å². The summed E-state index contributed by atoms with van der Waals surface area (Å²) in [5.41, 5.74) is 3.29. The SMILES string of the molecule is CC1(C)CCC(NCc2cc(F)c(-c3ccc4nc[nH]c4c3)cc2F)CC1.Cl.Cl. The summed E-state index contributed by atoms with van der Waals surface area (Å²) in [6.07, 6.45) is 6.08. The van der Waals surface area contributed by atoms with E-state index in [1.807, 2.05) is 0 Å². The third kappa shape index (κ3) is 5.27. The Kier molecular flexibility index (Phi) is 7.66. The molecule has 3 nitrogen and oxygen atoms in total. The van der Waals surface area contributed by atoms with Gasteiger partial charge < -0.3 is 10.3 Å². The van der Waals surface area contributed by atoms with E-state index in [0.717, 1.165) is 36.7 Å². The van der Waals surface area contributed by atoms with Crippen LogP contribution in [0.15, 0.2) is 36.7 Å². The number of rotatable bonds is 4. The highest BCUT2D eigenvalue weighted by molar-refractivity contribution is 5.85. The zero-order valence-electron chi connectivity index (χ0n) is 16.6. The molecule has 7 heteroatoms. The van der Waals surface area contributed by atoms with E-state index in [1.165, 1.54) is 12.1 Å². The molecule has 0 aliphatic heterocycles. The van der Waals surface area contributed by atoms with Gasteiger partial charge in [0.1, 0.15) is 11.6 Å². The summed E-state index contributed by atoms with van der Waals surface area (Å²) < 4.78 is 29.3. The molecule has 29 heavy (non-hydrogen) atoms. The highest BCUT2D eigenvalue weighted by Gasteiger charge is 2.26. The topological polar surface area (TPSA) is 40.7 Å². The van der Waals surface area contributed by atoms with E-state index in [1.54, 1.807) is 24.5 Å². The molecule has 4 rings (SSSR count). The first-order valence-electron chi connectivity index (χ1n) is 9.56. The van der Waals surface area contributed by atoms with Crippen LogP contribution in [-0.2, 0) is 6.54 Å². The van der Waals surface area contributed by atoms with Gasteiger partial charge in [0.15, 0.2) is 0 Å². The maximum absolute atomic E-state index is 14.7. The number of hydrogen-bond acceptors (Lipinski definition) is 2. The summed E-state index contributed by atoms with van der Waals surface area (Å²) in [5.74, 6) is -0.781. The molecular formula is C22H27Cl2F2N3. The van der Waals surface area contributed by atoms with Crippen molar-refractivity contribution in [2.75, 3.05) is 0 Å². The number of nitrogens with zero attached hydrogens (tertiary/aromatic N) is 1.